The van der Waals surface area contributed by atoms with Crippen LogP contribution in [0.2, 0.25) is 0 Å². The van der Waals surface area contributed by atoms with Gasteiger partial charge in [-0.2, -0.15) is 0 Å². The lowest BCUT2D eigenvalue weighted by Gasteiger charge is -2.25. The monoisotopic (exact) mass is 149 g/mol. The standard InChI is InChI=1S/C8H9N2O/c1-10-5-6-11-7-3-2-4-9-8(7)10/h3-4H,5-6H2,1H3. The Bertz CT molecular complexity index is 262. The van der Waals surface area contributed by atoms with E-state index in [1.54, 1.807) is 6.20 Å². The molecule has 0 unspecified atom stereocenters. The molecule has 3 heteroatoms. The van der Waals surface area contributed by atoms with Crippen LogP contribution in [0.15, 0.2) is 12.3 Å². The van der Waals surface area contributed by atoms with Crippen molar-refractivity contribution in [3.05, 3.63) is 18.3 Å². The van der Waals surface area contributed by atoms with Crippen LogP contribution in [-0.4, -0.2) is 25.2 Å². The Hall–Kier alpha value is -1.25. The molecule has 0 aromatic carbocycles. The molecule has 0 N–H and O–H groups in total. The second kappa shape index (κ2) is 2.42. The van der Waals surface area contributed by atoms with Crippen LogP contribution in [0.3, 0.4) is 0 Å². The molecule has 1 aliphatic rings. The van der Waals surface area contributed by atoms with Crippen molar-refractivity contribution in [1.29, 1.82) is 0 Å². The number of rotatable bonds is 0. The largest absolute Gasteiger partial charge is 0.488 e. The molecular formula is C8H9N2O. The number of nitrogens with zero attached hydrogens (tertiary/aromatic N) is 2. The molecule has 0 atom stereocenters. The zero-order valence-corrected chi connectivity index (χ0v) is 6.37. The van der Waals surface area contributed by atoms with Crippen LogP contribution < -0.4 is 9.64 Å². The summed E-state index contributed by atoms with van der Waals surface area (Å²) in [5, 5.41) is 0. The minimum absolute atomic E-state index is 0.739. The number of anilines is 1. The number of ether oxygens (including phenoxy) is 1. The van der Waals surface area contributed by atoms with Crippen molar-refractivity contribution < 1.29 is 4.74 Å². The van der Waals surface area contributed by atoms with Gasteiger partial charge in [0.2, 0.25) is 0 Å². The Kier molecular flexibility index (Phi) is 1.42. The van der Waals surface area contributed by atoms with Crippen LogP contribution in [0.5, 0.6) is 5.75 Å². The first kappa shape index (κ1) is 6.46. The van der Waals surface area contributed by atoms with E-state index in [1.165, 1.54) is 0 Å². The van der Waals surface area contributed by atoms with Crippen LogP contribution in [0, 0.1) is 6.07 Å². The van der Waals surface area contributed by atoms with Crippen LogP contribution in [-0.2, 0) is 0 Å². The molecule has 0 bridgehead atoms. The van der Waals surface area contributed by atoms with Gasteiger partial charge in [0, 0.05) is 19.3 Å². The van der Waals surface area contributed by atoms with E-state index in [0.717, 1.165) is 24.7 Å². The van der Waals surface area contributed by atoms with Gasteiger partial charge in [0.1, 0.15) is 6.61 Å². The SMILES string of the molecule is CN1CCOc2c[c]cnc21. The van der Waals surface area contributed by atoms with Crippen molar-refractivity contribution in [1.82, 2.24) is 4.98 Å². The highest BCUT2D eigenvalue weighted by Gasteiger charge is 2.14. The number of pyridine rings is 1. The van der Waals surface area contributed by atoms with E-state index < -0.39 is 0 Å². The van der Waals surface area contributed by atoms with Crippen molar-refractivity contribution >= 4 is 5.82 Å². The maximum Gasteiger partial charge on any atom is 0.171 e. The zero-order chi connectivity index (χ0) is 7.68. The van der Waals surface area contributed by atoms with Crippen LogP contribution >= 0.6 is 0 Å². The summed E-state index contributed by atoms with van der Waals surface area (Å²) in [5.74, 6) is 1.75. The molecule has 1 aromatic rings. The first-order chi connectivity index (χ1) is 5.38. The lowest BCUT2D eigenvalue weighted by atomic mass is 10.3. The molecule has 0 aliphatic carbocycles. The highest BCUT2D eigenvalue weighted by Crippen LogP contribution is 2.26. The first-order valence-electron chi connectivity index (χ1n) is 3.58. The predicted molar refractivity (Wildman–Crippen MR) is 41.8 cm³/mol. The lowest BCUT2D eigenvalue weighted by molar-refractivity contribution is 0.309. The fraction of sp³-hybridized carbons (Fsp3) is 0.375. The maximum absolute atomic E-state index is 5.36. The Labute approximate surface area is 65.6 Å². The van der Waals surface area contributed by atoms with E-state index in [-0.39, 0.29) is 0 Å². The van der Waals surface area contributed by atoms with Crippen molar-refractivity contribution in [3.63, 3.8) is 0 Å². The average Bonchev–Trinajstić information content (AvgIpc) is 2.06. The zero-order valence-electron chi connectivity index (χ0n) is 6.37. The summed E-state index contributed by atoms with van der Waals surface area (Å²) >= 11 is 0. The first-order valence-corrected chi connectivity index (χ1v) is 3.58. The minimum atomic E-state index is 0.739. The maximum atomic E-state index is 5.36. The topological polar surface area (TPSA) is 25.4 Å². The van der Waals surface area contributed by atoms with Crippen molar-refractivity contribution in [3.8, 4) is 5.75 Å². The quantitative estimate of drug-likeness (QED) is 0.543. The van der Waals surface area contributed by atoms with Crippen molar-refractivity contribution in [2.75, 3.05) is 25.1 Å². The Morgan fingerprint density at radius 3 is 3.45 bits per heavy atom. The molecule has 11 heavy (non-hydrogen) atoms. The molecule has 2 heterocycles. The fourth-order valence-corrected chi connectivity index (χ4v) is 1.13. The van der Waals surface area contributed by atoms with Crippen LogP contribution in [0.1, 0.15) is 0 Å². The third-order valence-corrected chi connectivity index (χ3v) is 1.74. The molecule has 1 radical (unpaired) electrons. The van der Waals surface area contributed by atoms with Crippen LogP contribution in [0.25, 0.3) is 0 Å². The summed E-state index contributed by atoms with van der Waals surface area (Å²) in [7, 11) is 2.01. The van der Waals surface area contributed by atoms with Crippen molar-refractivity contribution in [2.24, 2.45) is 0 Å². The molecule has 1 aliphatic heterocycles. The third-order valence-electron chi connectivity index (χ3n) is 1.74. The third kappa shape index (κ3) is 1.02. The van der Waals surface area contributed by atoms with Gasteiger partial charge in [0.15, 0.2) is 11.6 Å². The van der Waals surface area contributed by atoms with Gasteiger partial charge < -0.3 is 9.64 Å². The van der Waals surface area contributed by atoms with E-state index >= 15 is 0 Å². The van der Waals surface area contributed by atoms with Gasteiger partial charge in [-0.25, -0.2) is 4.98 Å². The second-order valence-corrected chi connectivity index (χ2v) is 2.53. The molecule has 3 nitrogen and oxygen atoms in total. The normalized spacial score (nSPS) is 15.5. The summed E-state index contributed by atoms with van der Waals surface area (Å²) in [5.41, 5.74) is 0. The van der Waals surface area contributed by atoms with Gasteiger partial charge >= 0.3 is 0 Å². The molecule has 0 saturated heterocycles. The Balaban J connectivity index is 2.44. The number of hydrogen-bond donors (Lipinski definition) is 0. The average molecular weight is 149 g/mol. The van der Waals surface area contributed by atoms with Gasteiger partial charge in [-0.05, 0) is 6.07 Å². The highest BCUT2D eigenvalue weighted by molar-refractivity contribution is 5.52. The number of fused-ring (bicyclic) bond motifs is 1. The summed E-state index contributed by atoms with van der Waals surface area (Å²) < 4.78 is 5.36. The Morgan fingerprint density at radius 2 is 2.64 bits per heavy atom. The Morgan fingerprint density at radius 1 is 1.73 bits per heavy atom. The van der Waals surface area contributed by atoms with Gasteiger partial charge in [0.25, 0.3) is 0 Å². The molecular weight excluding hydrogens is 140 g/mol. The molecule has 0 saturated carbocycles. The fourth-order valence-electron chi connectivity index (χ4n) is 1.13. The van der Waals surface area contributed by atoms with E-state index in [2.05, 4.69) is 16.0 Å². The number of hydrogen-bond acceptors (Lipinski definition) is 3. The summed E-state index contributed by atoms with van der Waals surface area (Å²) in [6, 6.07) is 4.70. The van der Waals surface area contributed by atoms with Gasteiger partial charge in [-0.15, -0.1) is 0 Å². The van der Waals surface area contributed by atoms with Crippen LogP contribution in [0.4, 0.5) is 5.82 Å². The van der Waals surface area contributed by atoms with Crippen molar-refractivity contribution in [2.45, 2.75) is 0 Å². The molecule has 0 amide bonds. The summed E-state index contributed by atoms with van der Waals surface area (Å²) in [4.78, 5) is 6.22. The smallest absolute Gasteiger partial charge is 0.171 e. The summed E-state index contributed by atoms with van der Waals surface area (Å²) in [6.45, 7) is 1.65. The summed E-state index contributed by atoms with van der Waals surface area (Å²) in [6.07, 6.45) is 1.66. The second-order valence-electron chi connectivity index (χ2n) is 2.53. The number of aromatic nitrogens is 1. The highest BCUT2D eigenvalue weighted by atomic mass is 16.5. The molecule has 57 valence electrons. The molecule has 0 fully saturated rings. The van der Waals surface area contributed by atoms with E-state index in [0.29, 0.717) is 0 Å². The van der Waals surface area contributed by atoms with Gasteiger partial charge in [-0.1, -0.05) is 0 Å². The minimum Gasteiger partial charge on any atom is -0.488 e. The lowest BCUT2D eigenvalue weighted by Crippen LogP contribution is -2.29. The molecule has 2 rings (SSSR count). The van der Waals surface area contributed by atoms with Gasteiger partial charge in [-0.3, -0.25) is 0 Å². The molecule has 1 aromatic heterocycles. The van der Waals surface area contributed by atoms with E-state index in [4.69, 9.17) is 4.74 Å². The predicted octanol–water partition coefficient (Wildman–Crippen LogP) is 0.710. The number of likely N-dealkylation sites (N-methyl/N-ethyl adjacent to an activating group) is 1. The molecule has 0 spiro atoms. The van der Waals surface area contributed by atoms with E-state index in [9.17, 15) is 0 Å². The van der Waals surface area contributed by atoms with Gasteiger partial charge in [0.05, 0.1) is 6.54 Å². The van der Waals surface area contributed by atoms with E-state index in [1.807, 2.05) is 13.1 Å².